The lowest BCUT2D eigenvalue weighted by molar-refractivity contribution is -0.148. The minimum Gasteiger partial charge on any atom is -0.497 e. The summed E-state index contributed by atoms with van der Waals surface area (Å²) in [5.74, 6) is -1.52. The number of aliphatic hydroxyl groups is 1. The molecule has 0 radical (unpaired) electrons. The van der Waals surface area contributed by atoms with Crippen molar-refractivity contribution in [2.45, 2.75) is 19.3 Å². The van der Waals surface area contributed by atoms with Gasteiger partial charge < -0.3 is 24.6 Å². The quantitative estimate of drug-likeness (QED) is 0.293. The van der Waals surface area contributed by atoms with Crippen LogP contribution in [0.15, 0.2) is 78.9 Å². The minimum atomic E-state index is -1.85. The van der Waals surface area contributed by atoms with Gasteiger partial charge in [0.1, 0.15) is 18.1 Å². The van der Waals surface area contributed by atoms with Crippen LogP contribution in [0.25, 0.3) is 0 Å². The molecular weight excluding hydrogens is 426 g/mol. The lowest BCUT2D eigenvalue weighted by Gasteiger charge is -2.13. The standard InChI is InChI=1S/C25H23NO7/c1-31-20-12-10-18(11-13-20)16-32-24(29)19-8-5-9-21(15-19)33-25(30)23(28)26-22(27)14-17-6-3-2-4-7-17/h2-13,15,23,28H,14,16H2,1H3,(H,26,27)/t23-/m1/s1. The highest BCUT2D eigenvalue weighted by atomic mass is 16.6. The number of carbonyl (C=O) groups excluding carboxylic acids is 3. The summed E-state index contributed by atoms with van der Waals surface area (Å²) in [6.45, 7) is 0.0546. The third kappa shape index (κ3) is 7.19. The maximum Gasteiger partial charge on any atom is 0.361 e. The van der Waals surface area contributed by atoms with E-state index in [-0.39, 0.29) is 24.3 Å². The SMILES string of the molecule is COc1ccc(COC(=O)c2cccc(OC(=O)[C@@H](O)NC(=O)Cc3ccccc3)c2)cc1. The molecule has 0 saturated heterocycles. The van der Waals surface area contributed by atoms with Gasteiger partial charge in [0.2, 0.25) is 12.1 Å². The number of nitrogens with one attached hydrogen (secondary N) is 1. The molecule has 0 aromatic heterocycles. The van der Waals surface area contributed by atoms with Gasteiger partial charge >= 0.3 is 11.9 Å². The highest BCUT2D eigenvalue weighted by molar-refractivity contribution is 5.90. The Labute approximate surface area is 190 Å². The first-order valence-electron chi connectivity index (χ1n) is 10.1. The summed E-state index contributed by atoms with van der Waals surface area (Å²) >= 11 is 0. The Kier molecular flexibility index (Phi) is 8.15. The fraction of sp³-hybridized carbons (Fsp3) is 0.160. The number of rotatable bonds is 9. The van der Waals surface area contributed by atoms with Crippen molar-refractivity contribution in [3.05, 3.63) is 95.6 Å². The predicted molar refractivity (Wildman–Crippen MR) is 118 cm³/mol. The number of methoxy groups -OCH3 is 1. The Morgan fingerprint density at radius 1 is 0.879 bits per heavy atom. The van der Waals surface area contributed by atoms with Crippen molar-refractivity contribution < 1.29 is 33.7 Å². The number of carbonyl (C=O) groups is 3. The molecule has 3 aromatic rings. The minimum absolute atomic E-state index is 0.000696. The maximum atomic E-state index is 12.3. The first kappa shape index (κ1) is 23.5. The molecule has 0 unspecified atom stereocenters. The van der Waals surface area contributed by atoms with Crippen molar-refractivity contribution in [2.75, 3.05) is 7.11 Å². The van der Waals surface area contributed by atoms with E-state index in [9.17, 15) is 19.5 Å². The molecule has 1 atom stereocenters. The van der Waals surface area contributed by atoms with Crippen LogP contribution in [0, 0.1) is 0 Å². The van der Waals surface area contributed by atoms with E-state index in [0.717, 1.165) is 11.1 Å². The molecule has 33 heavy (non-hydrogen) atoms. The van der Waals surface area contributed by atoms with Crippen molar-refractivity contribution >= 4 is 17.8 Å². The molecule has 170 valence electrons. The Bertz CT molecular complexity index is 1100. The average molecular weight is 449 g/mol. The highest BCUT2D eigenvalue weighted by Crippen LogP contribution is 2.17. The van der Waals surface area contributed by atoms with Gasteiger partial charge in [-0.25, -0.2) is 9.59 Å². The van der Waals surface area contributed by atoms with Crippen LogP contribution in [0.5, 0.6) is 11.5 Å². The summed E-state index contributed by atoms with van der Waals surface area (Å²) in [5.41, 5.74) is 1.67. The summed E-state index contributed by atoms with van der Waals surface area (Å²) in [6.07, 6.45) is -1.85. The molecule has 0 aliphatic heterocycles. The monoisotopic (exact) mass is 449 g/mol. The van der Waals surface area contributed by atoms with Crippen LogP contribution in [0.4, 0.5) is 0 Å². The smallest absolute Gasteiger partial charge is 0.361 e. The van der Waals surface area contributed by atoms with Crippen molar-refractivity contribution in [1.82, 2.24) is 5.32 Å². The van der Waals surface area contributed by atoms with Crippen LogP contribution in [-0.2, 0) is 27.4 Å². The average Bonchev–Trinajstić information content (AvgIpc) is 2.83. The van der Waals surface area contributed by atoms with Gasteiger partial charge in [-0.05, 0) is 41.5 Å². The van der Waals surface area contributed by atoms with Crippen LogP contribution in [0.3, 0.4) is 0 Å². The Balaban J connectivity index is 1.51. The topological polar surface area (TPSA) is 111 Å². The zero-order chi connectivity index (χ0) is 23.6. The second-order valence-corrected chi connectivity index (χ2v) is 7.01. The number of esters is 2. The van der Waals surface area contributed by atoms with Gasteiger partial charge in [0.25, 0.3) is 0 Å². The molecule has 3 aromatic carbocycles. The molecule has 0 saturated carbocycles. The van der Waals surface area contributed by atoms with Gasteiger partial charge in [0.15, 0.2) is 0 Å². The normalized spacial score (nSPS) is 11.2. The first-order chi connectivity index (χ1) is 15.9. The van der Waals surface area contributed by atoms with Gasteiger partial charge in [-0.2, -0.15) is 0 Å². The largest absolute Gasteiger partial charge is 0.497 e. The summed E-state index contributed by atoms with van der Waals surface area (Å²) in [5, 5.41) is 12.1. The predicted octanol–water partition coefficient (Wildman–Crippen LogP) is 2.63. The second kappa shape index (κ2) is 11.4. The Hall–Kier alpha value is -4.17. The number of benzene rings is 3. The third-order valence-corrected chi connectivity index (χ3v) is 4.55. The fourth-order valence-electron chi connectivity index (χ4n) is 2.86. The van der Waals surface area contributed by atoms with E-state index in [2.05, 4.69) is 5.32 Å². The highest BCUT2D eigenvalue weighted by Gasteiger charge is 2.20. The van der Waals surface area contributed by atoms with Gasteiger partial charge in [-0.3, -0.25) is 4.79 Å². The van der Waals surface area contributed by atoms with E-state index in [0.29, 0.717) is 5.75 Å². The lowest BCUT2D eigenvalue weighted by Crippen LogP contribution is -2.43. The van der Waals surface area contributed by atoms with Crippen LogP contribution in [0.1, 0.15) is 21.5 Å². The zero-order valence-electron chi connectivity index (χ0n) is 17.9. The zero-order valence-corrected chi connectivity index (χ0v) is 17.9. The van der Waals surface area contributed by atoms with E-state index < -0.39 is 24.1 Å². The molecule has 8 heteroatoms. The lowest BCUT2D eigenvalue weighted by atomic mass is 10.1. The Morgan fingerprint density at radius 2 is 1.61 bits per heavy atom. The number of hydrogen-bond acceptors (Lipinski definition) is 7. The Morgan fingerprint density at radius 3 is 2.30 bits per heavy atom. The molecule has 0 aliphatic rings. The van der Waals surface area contributed by atoms with Gasteiger partial charge in [0, 0.05) is 0 Å². The number of ether oxygens (including phenoxy) is 3. The summed E-state index contributed by atoms with van der Waals surface area (Å²) in [4.78, 5) is 36.5. The van der Waals surface area contributed by atoms with Crippen LogP contribution in [0.2, 0.25) is 0 Å². The van der Waals surface area contributed by atoms with Crippen molar-refractivity contribution in [1.29, 1.82) is 0 Å². The molecule has 0 heterocycles. The summed E-state index contributed by atoms with van der Waals surface area (Å²) in [7, 11) is 1.56. The molecule has 0 bridgehead atoms. The van der Waals surface area contributed by atoms with Crippen LogP contribution >= 0.6 is 0 Å². The van der Waals surface area contributed by atoms with E-state index in [1.807, 2.05) is 6.07 Å². The van der Waals surface area contributed by atoms with Crippen LogP contribution < -0.4 is 14.8 Å². The molecule has 2 N–H and O–H groups in total. The summed E-state index contributed by atoms with van der Waals surface area (Å²) < 4.78 is 15.4. The molecule has 8 nitrogen and oxygen atoms in total. The second-order valence-electron chi connectivity index (χ2n) is 7.01. The van der Waals surface area contributed by atoms with Gasteiger partial charge in [-0.15, -0.1) is 0 Å². The van der Waals surface area contributed by atoms with Crippen LogP contribution in [-0.4, -0.2) is 36.3 Å². The molecular formula is C25H23NO7. The number of hydrogen-bond donors (Lipinski definition) is 2. The molecule has 1 amide bonds. The van der Waals surface area contributed by atoms with Crippen molar-refractivity contribution in [3.8, 4) is 11.5 Å². The first-order valence-corrected chi connectivity index (χ1v) is 10.1. The molecule has 0 aliphatic carbocycles. The van der Waals surface area contributed by atoms with E-state index >= 15 is 0 Å². The fourth-order valence-corrected chi connectivity index (χ4v) is 2.86. The van der Waals surface area contributed by atoms with Crippen molar-refractivity contribution in [2.24, 2.45) is 0 Å². The number of amides is 1. The number of aliphatic hydroxyl groups excluding tert-OH is 1. The maximum absolute atomic E-state index is 12.3. The molecule has 0 spiro atoms. The van der Waals surface area contributed by atoms with Gasteiger partial charge in [0.05, 0.1) is 19.1 Å². The van der Waals surface area contributed by atoms with E-state index in [1.54, 1.807) is 55.6 Å². The van der Waals surface area contributed by atoms with Crippen molar-refractivity contribution in [3.63, 3.8) is 0 Å². The summed E-state index contributed by atoms with van der Waals surface area (Å²) in [6, 6.07) is 21.7. The van der Waals surface area contributed by atoms with E-state index in [1.165, 1.54) is 24.3 Å². The molecule has 0 fully saturated rings. The van der Waals surface area contributed by atoms with E-state index in [4.69, 9.17) is 14.2 Å². The third-order valence-electron chi connectivity index (χ3n) is 4.55. The van der Waals surface area contributed by atoms with Gasteiger partial charge in [-0.1, -0.05) is 48.5 Å². The molecule has 3 rings (SSSR count).